The highest BCUT2D eigenvalue weighted by molar-refractivity contribution is 5.66. The fraction of sp³-hybridized carbons (Fsp3) is 0.864. The van der Waals surface area contributed by atoms with Crippen LogP contribution in [0.15, 0.2) is 12.2 Å². The second kappa shape index (κ2) is 5.20. The minimum atomic E-state index is -1.51. The van der Waals surface area contributed by atoms with Gasteiger partial charge < -0.3 is 24.8 Å². The molecule has 2 saturated heterocycles. The Hall–Kier alpha value is -0.950. The Morgan fingerprint density at radius 3 is 2.61 bits per heavy atom. The number of carbonyl (C=O) groups is 1. The second-order valence-electron chi connectivity index (χ2n) is 10.8. The summed E-state index contributed by atoms with van der Waals surface area (Å²) in [7, 11) is 0. The maximum atomic E-state index is 12.0. The summed E-state index contributed by atoms with van der Waals surface area (Å²) in [5.74, 6) is -1.80. The number of rotatable bonds is 1. The maximum Gasteiger partial charge on any atom is 0.302 e. The van der Waals surface area contributed by atoms with Crippen molar-refractivity contribution < 1.29 is 29.6 Å². The summed E-state index contributed by atoms with van der Waals surface area (Å²) in [6.07, 6.45) is 2.12. The highest BCUT2D eigenvalue weighted by atomic mass is 16.6. The number of hydrogen-bond acceptors (Lipinski definition) is 6. The van der Waals surface area contributed by atoms with Crippen LogP contribution >= 0.6 is 0 Å². The van der Waals surface area contributed by atoms with Crippen LogP contribution in [0.25, 0.3) is 0 Å². The van der Waals surface area contributed by atoms with Crippen molar-refractivity contribution in [2.75, 3.05) is 6.61 Å². The first-order valence-corrected chi connectivity index (χ1v) is 10.6. The van der Waals surface area contributed by atoms with Crippen molar-refractivity contribution in [3.05, 3.63) is 12.2 Å². The molecule has 6 fully saturated rings. The first-order valence-electron chi connectivity index (χ1n) is 10.6. The predicted octanol–water partition coefficient (Wildman–Crippen LogP) is 1.91. The van der Waals surface area contributed by atoms with E-state index in [2.05, 4.69) is 20.4 Å². The van der Waals surface area contributed by atoms with Gasteiger partial charge in [0.2, 0.25) is 0 Å². The molecule has 0 aromatic carbocycles. The third kappa shape index (κ3) is 1.87. The topological polar surface area (TPSA) is 96.2 Å². The van der Waals surface area contributed by atoms with Gasteiger partial charge in [-0.15, -0.1) is 0 Å². The van der Waals surface area contributed by atoms with E-state index in [0.717, 1.165) is 12.8 Å². The predicted molar refractivity (Wildman–Crippen MR) is 99.9 cm³/mol. The highest BCUT2D eigenvalue weighted by Crippen LogP contribution is 2.78. The Bertz CT molecular complexity index is 762. The second-order valence-corrected chi connectivity index (χ2v) is 10.8. The molecule has 2 heterocycles. The largest absolute Gasteiger partial charge is 0.462 e. The molecule has 6 nitrogen and oxygen atoms in total. The lowest BCUT2D eigenvalue weighted by Crippen LogP contribution is -2.79. The summed E-state index contributed by atoms with van der Waals surface area (Å²) in [4.78, 5) is 12.0. The van der Waals surface area contributed by atoms with E-state index in [0.29, 0.717) is 31.4 Å². The smallest absolute Gasteiger partial charge is 0.302 e. The number of aliphatic hydroxyl groups excluding tert-OH is 1. The van der Waals surface area contributed by atoms with Gasteiger partial charge in [0.15, 0.2) is 5.79 Å². The van der Waals surface area contributed by atoms with Crippen LogP contribution in [-0.2, 0) is 14.3 Å². The number of fused-ring (bicyclic) bond motifs is 2. The summed E-state index contributed by atoms with van der Waals surface area (Å²) < 4.78 is 12.0. The lowest BCUT2D eigenvalue weighted by molar-refractivity contribution is -0.436. The van der Waals surface area contributed by atoms with E-state index in [9.17, 15) is 20.1 Å². The number of ether oxygens (including phenoxy) is 2. The van der Waals surface area contributed by atoms with Crippen LogP contribution in [0.2, 0.25) is 0 Å². The molecule has 28 heavy (non-hydrogen) atoms. The number of aliphatic hydroxyl groups is 3. The molecule has 0 aromatic heterocycles. The fourth-order valence-corrected chi connectivity index (χ4v) is 8.23. The normalized spacial score (nSPS) is 56.1. The molecule has 2 spiro atoms. The van der Waals surface area contributed by atoms with E-state index >= 15 is 0 Å². The molecule has 6 rings (SSSR count). The molecule has 0 aromatic rings. The number of esters is 1. The Balaban J connectivity index is 1.72. The SMILES string of the molecule is C=C1[C@@H](O)[C@]23C[C@@]1(O)CC[C@H]2[C@@]12CO[C@]3(O)C[C@@H]1C(C)(C)CC[C@@H]2OC(C)=O. The van der Waals surface area contributed by atoms with Gasteiger partial charge in [0.05, 0.1) is 23.7 Å². The molecule has 6 aliphatic rings. The van der Waals surface area contributed by atoms with Gasteiger partial charge in [-0.2, -0.15) is 0 Å². The molecular weight excluding hydrogens is 360 g/mol. The van der Waals surface area contributed by atoms with Crippen molar-refractivity contribution in [3.8, 4) is 0 Å². The van der Waals surface area contributed by atoms with Gasteiger partial charge in [0.25, 0.3) is 0 Å². The van der Waals surface area contributed by atoms with Crippen molar-refractivity contribution in [1.29, 1.82) is 0 Å². The van der Waals surface area contributed by atoms with Gasteiger partial charge >= 0.3 is 5.97 Å². The van der Waals surface area contributed by atoms with Gasteiger partial charge in [-0.25, -0.2) is 0 Å². The number of hydrogen-bond donors (Lipinski definition) is 3. The molecule has 6 heteroatoms. The van der Waals surface area contributed by atoms with Crippen LogP contribution in [0.4, 0.5) is 0 Å². The molecule has 4 bridgehead atoms. The first kappa shape index (κ1) is 19.0. The minimum absolute atomic E-state index is 0.0374. The molecule has 0 radical (unpaired) electrons. The van der Waals surface area contributed by atoms with Crippen molar-refractivity contribution >= 4 is 5.97 Å². The molecule has 0 unspecified atom stereocenters. The molecule has 8 atom stereocenters. The standard InChI is InChI=1S/C22H32O6/c1-12-17(24)21-10-19(12,25)8-5-14(21)20-11-27-22(21,26)9-15(20)18(3,4)7-6-16(20)28-13(2)23/h14-17,24-26H,1,5-11H2,2-4H3/t14-,15+,16-,17+,19-,20-,21-,22+/m0/s1. The van der Waals surface area contributed by atoms with Gasteiger partial charge in [-0.1, -0.05) is 20.4 Å². The van der Waals surface area contributed by atoms with Crippen LogP contribution in [-0.4, -0.2) is 51.5 Å². The summed E-state index contributed by atoms with van der Waals surface area (Å²) in [6, 6.07) is 0. The summed E-state index contributed by atoms with van der Waals surface area (Å²) in [5.41, 5.74) is -2.28. The number of carbonyl (C=O) groups excluding carboxylic acids is 1. The molecule has 2 aliphatic heterocycles. The summed E-state index contributed by atoms with van der Waals surface area (Å²) in [6.45, 7) is 10.2. The maximum absolute atomic E-state index is 12.0. The molecular formula is C22H32O6. The van der Waals surface area contributed by atoms with Crippen LogP contribution < -0.4 is 0 Å². The Kier molecular flexibility index (Phi) is 3.54. The summed E-state index contributed by atoms with van der Waals surface area (Å²) in [5, 5.41) is 34.2. The lowest BCUT2D eigenvalue weighted by Gasteiger charge is -2.74. The van der Waals surface area contributed by atoms with E-state index < -0.39 is 28.3 Å². The monoisotopic (exact) mass is 392 g/mol. The fourth-order valence-electron chi connectivity index (χ4n) is 8.23. The van der Waals surface area contributed by atoms with Gasteiger partial charge in [-0.05, 0) is 54.9 Å². The van der Waals surface area contributed by atoms with E-state index in [-0.39, 0.29) is 35.7 Å². The third-order valence-corrected chi connectivity index (χ3v) is 9.44. The molecule has 4 saturated carbocycles. The quantitative estimate of drug-likeness (QED) is 0.466. The first-order chi connectivity index (χ1) is 12.9. The Morgan fingerprint density at radius 2 is 1.93 bits per heavy atom. The van der Waals surface area contributed by atoms with Crippen LogP contribution in [0.3, 0.4) is 0 Å². The highest BCUT2D eigenvalue weighted by Gasteiger charge is 2.83. The van der Waals surface area contributed by atoms with Crippen LogP contribution in [0.1, 0.15) is 59.3 Å². The zero-order chi connectivity index (χ0) is 20.3. The Morgan fingerprint density at radius 1 is 1.21 bits per heavy atom. The van der Waals surface area contributed by atoms with Gasteiger partial charge in [0, 0.05) is 18.8 Å². The average Bonchev–Trinajstić information content (AvgIpc) is 2.76. The molecule has 0 amide bonds. The van der Waals surface area contributed by atoms with Crippen molar-refractivity contribution in [3.63, 3.8) is 0 Å². The third-order valence-electron chi connectivity index (χ3n) is 9.44. The van der Waals surface area contributed by atoms with Crippen molar-refractivity contribution in [2.24, 2.45) is 28.1 Å². The van der Waals surface area contributed by atoms with Crippen LogP contribution in [0, 0.1) is 28.1 Å². The van der Waals surface area contributed by atoms with E-state index in [1.54, 1.807) is 0 Å². The van der Waals surface area contributed by atoms with E-state index in [1.165, 1.54) is 6.92 Å². The van der Waals surface area contributed by atoms with Crippen LogP contribution in [0.5, 0.6) is 0 Å². The zero-order valence-electron chi connectivity index (χ0n) is 17.0. The molecule has 3 N–H and O–H groups in total. The van der Waals surface area contributed by atoms with Gasteiger partial charge in [0.1, 0.15) is 6.10 Å². The Labute approximate surface area is 165 Å². The van der Waals surface area contributed by atoms with E-state index in [1.807, 2.05) is 0 Å². The zero-order valence-corrected chi connectivity index (χ0v) is 17.0. The van der Waals surface area contributed by atoms with Gasteiger partial charge in [-0.3, -0.25) is 4.79 Å². The molecule has 4 aliphatic carbocycles. The average molecular weight is 392 g/mol. The van der Waals surface area contributed by atoms with Crippen molar-refractivity contribution in [2.45, 2.75) is 82.9 Å². The minimum Gasteiger partial charge on any atom is -0.462 e. The van der Waals surface area contributed by atoms with Crippen molar-refractivity contribution in [1.82, 2.24) is 0 Å². The van der Waals surface area contributed by atoms with E-state index in [4.69, 9.17) is 9.47 Å². The molecule has 156 valence electrons. The lowest BCUT2D eigenvalue weighted by atomic mass is 9.36. The summed E-state index contributed by atoms with van der Waals surface area (Å²) >= 11 is 0.